The molecule has 0 heterocycles. The van der Waals surface area contributed by atoms with E-state index in [-0.39, 0.29) is 0 Å². The summed E-state index contributed by atoms with van der Waals surface area (Å²) >= 11 is 23.6. The lowest BCUT2D eigenvalue weighted by Crippen LogP contribution is -2.05. The number of hydrogen-bond donors (Lipinski definition) is 0. The minimum atomic E-state index is 0.598. The standard InChI is InChI=1S/C15H11Cl3S/c16-11-4-1-3-10(7-11)8-12(19)9-13-14(17)5-2-6-15(13)18/h1-7H,8-9H2. The summed E-state index contributed by atoms with van der Waals surface area (Å²) in [6.07, 6.45) is 1.29. The molecule has 0 radical (unpaired) electrons. The van der Waals surface area contributed by atoms with Crippen LogP contribution in [0, 0.1) is 0 Å². The van der Waals surface area contributed by atoms with Crippen LogP contribution in [0.3, 0.4) is 0 Å². The summed E-state index contributed by atoms with van der Waals surface area (Å²) in [5.74, 6) is 0. The maximum Gasteiger partial charge on any atom is 0.0456 e. The van der Waals surface area contributed by atoms with Gasteiger partial charge in [-0.15, -0.1) is 0 Å². The van der Waals surface area contributed by atoms with Crippen LogP contribution >= 0.6 is 47.0 Å². The Morgan fingerprint density at radius 3 is 2.16 bits per heavy atom. The van der Waals surface area contributed by atoms with Crippen LogP contribution < -0.4 is 0 Å². The molecule has 0 N–H and O–H groups in total. The van der Waals surface area contributed by atoms with Crippen molar-refractivity contribution in [3.05, 3.63) is 68.7 Å². The molecule has 0 nitrogen and oxygen atoms in total. The quantitative estimate of drug-likeness (QED) is 0.639. The molecule has 0 aromatic heterocycles. The monoisotopic (exact) mass is 328 g/mol. The zero-order chi connectivity index (χ0) is 13.8. The SMILES string of the molecule is S=C(Cc1cccc(Cl)c1)Cc1c(Cl)cccc1Cl. The Kier molecular flexibility index (Phi) is 5.23. The predicted molar refractivity (Wildman–Crippen MR) is 87.9 cm³/mol. The molecule has 0 bridgehead atoms. The minimum Gasteiger partial charge on any atom is -0.0890 e. The smallest absolute Gasteiger partial charge is 0.0456 e. The Balaban J connectivity index is 2.10. The number of thiocarbonyl (C=S) groups is 1. The van der Waals surface area contributed by atoms with Crippen LogP contribution in [0.2, 0.25) is 15.1 Å². The largest absolute Gasteiger partial charge is 0.0890 e. The fourth-order valence-electron chi connectivity index (χ4n) is 1.84. The Bertz CT molecular complexity index is 588. The number of rotatable bonds is 4. The highest BCUT2D eigenvalue weighted by Crippen LogP contribution is 2.25. The van der Waals surface area contributed by atoms with Gasteiger partial charge in [-0.2, -0.15) is 0 Å². The summed E-state index contributed by atoms with van der Waals surface area (Å²) in [5.41, 5.74) is 1.98. The number of hydrogen-bond acceptors (Lipinski definition) is 1. The van der Waals surface area contributed by atoms with Gasteiger partial charge in [0.15, 0.2) is 0 Å². The van der Waals surface area contributed by atoms with E-state index in [0.29, 0.717) is 22.9 Å². The number of halogens is 3. The molecule has 19 heavy (non-hydrogen) atoms. The lowest BCUT2D eigenvalue weighted by Gasteiger charge is -2.08. The summed E-state index contributed by atoms with van der Waals surface area (Å²) in [5, 5.41) is 2.03. The second-order valence-electron chi connectivity index (χ2n) is 4.22. The van der Waals surface area contributed by atoms with Crippen LogP contribution in [0.4, 0.5) is 0 Å². The first-order valence-corrected chi connectivity index (χ1v) is 7.29. The molecule has 2 aromatic rings. The molecule has 0 aliphatic carbocycles. The van der Waals surface area contributed by atoms with Crippen molar-refractivity contribution >= 4 is 51.9 Å². The Morgan fingerprint density at radius 2 is 1.53 bits per heavy atom. The van der Waals surface area contributed by atoms with Crippen molar-refractivity contribution in [3.8, 4) is 0 Å². The van der Waals surface area contributed by atoms with Crippen molar-refractivity contribution in [2.24, 2.45) is 0 Å². The molecule has 0 saturated carbocycles. The highest BCUT2D eigenvalue weighted by atomic mass is 35.5. The van der Waals surface area contributed by atoms with Crippen LogP contribution in [-0.2, 0) is 12.8 Å². The summed E-state index contributed by atoms with van der Waals surface area (Å²) in [4.78, 5) is 0.886. The predicted octanol–water partition coefficient (Wildman–Crippen LogP) is 5.80. The Morgan fingerprint density at radius 1 is 0.895 bits per heavy atom. The van der Waals surface area contributed by atoms with Crippen molar-refractivity contribution < 1.29 is 0 Å². The zero-order valence-corrected chi connectivity index (χ0v) is 13.1. The van der Waals surface area contributed by atoms with Crippen LogP contribution in [0.5, 0.6) is 0 Å². The fourth-order valence-corrected chi connectivity index (χ4v) is 2.89. The molecule has 2 aromatic carbocycles. The third-order valence-electron chi connectivity index (χ3n) is 2.73. The van der Waals surface area contributed by atoms with Gasteiger partial charge >= 0.3 is 0 Å². The van der Waals surface area contributed by atoms with Gasteiger partial charge in [-0.05, 0) is 35.4 Å². The maximum absolute atomic E-state index is 6.14. The molecule has 0 fully saturated rings. The zero-order valence-electron chi connectivity index (χ0n) is 10.00. The summed E-state index contributed by atoms with van der Waals surface area (Å²) in [6, 6.07) is 13.2. The molecule has 98 valence electrons. The normalized spacial score (nSPS) is 10.5. The van der Waals surface area contributed by atoms with Gasteiger partial charge in [-0.1, -0.05) is 65.2 Å². The summed E-state index contributed by atoms with van der Waals surface area (Å²) in [6.45, 7) is 0. The van der Waals surface area contributed by atoms with E-state index in [1.807, 2.05) is 42.5 Å². The molecule has 2 rings (SSSR count). The van der Waals surface area contributed by atoms with Gasteiger partial charge in [0.25, 0.3) is 0 Å². The molecule has 0 saturated heterocycles. The molecule has 0 aliphatic heterocycles. The van der Waals surface area contributed by atoms with E-state index in [4.69, 9.17) is 47.0 Å². The van der Waals surface area contributed by atoms with E-state index in [0.717, 1.165) is 21.0 Å². The summed E-state index contributed by atoms with van der Waals surface area (Å²) in [7, 11) is 0. The van der Waals surface area contributed by atoms with Crippen molar-refractivity contribution in [1.82, 2.24) is 0 Å². The second-order valence-corrected chi connectivity index (χ2v) is 6.05. The van der Waals surface area contributed by atoms with Crippen LogP contribution in [0.1, 0.15) is 11.1 Å². The van der Waals surface area contributed by atoms with Crippen molar-refractivity contribution in [2.45, 2.75) is 12.8 Å². The van der Waals surface area contributed by atoms with Crippen molar-refractivity contribution in [1.29, 1.82) is 0 Å². The highest BCUT2D eigenvalue weighted by molar-refractivity contribution is 7.80. The first kappa shape index (κ1) is 14.8. The van der Waals surface area contributed by atoms with Gasteiger partial charge in [0.05, 0.1) is 0 Å². The third kappa shape index (κ3) is 4.19. The topological polar surface area (TPSA) is 0 Å². The Hall–Kier alpha value is -0.600. The molecule has 0 atom stereocenters. The van der Waals surface area contributed by atoms with E-state index >= 15 is 0 Å². The average Bonchev–Trinajstić information content (AvgIpc) is 2.34. The molecule has 0 aliphatic rings. The Labute approximate surface area is 133 Å². The van der Waals surface area contributed by atoms with Crippen molar-refractivity contribution in [2.75, 3.05) is 0 Å². The van der Waals surface area contributed by atoms with Gasteiger partial charge in [-0.25, -0.2) is 0 Å². The molecular weight excluding hydrogens is 319 g/mol. The fraction of sp³-hybridized carbons (Fsp3) is 0.133. The van der Waals surface area contributed by atoms with E-state index < -0.39 is 0 Å². The average molecular weight is 330 g/mol. The van der Waals surface area contributed by atoms with Gasteiger partial charge in [0, 0.05) is 32.8 Å². The lowest BCUT2D eigenvalue weighted by atomic mass is 10.0. The van der Waals surface area contributed by atoms with E-state index in [9.17, 15) is 0 Å². The van der Waals surface area contributed by atoms with E-state index in [1.165, 1.54) is 0 Å². The van der Waals surface area contributed by atoms with Gasteiger partial charge < -0.3 is 0 Å². The van der Waals surface area contributed by atoms with Crippen LogP contribution in [0.25, 0.3) is 0 Å². The molecule has 0 unspecified atom stereocenters. The van der Waals surface area contributed by atoms with Crippen LogP contribution in [-0.4, -0.2) is 4.86 Å². The van der Waals surface area contributed by atoms with E-state index in [2.05, 4.69) is 0 Å². The molecule has 4 heteroatoms. The first-order valence-electron chi connectivity index (χ1n) is 5.75. The van der Waals surface area contributed by atoms with Crippen molar-refractivity contribution in [3.63, 3.8) is 0 Å². The first-order chi connectivity index (χ1) is 9.06. The van der Waals surface area contributed by atoms with Gasteiger partial charge in [0.2, 0.25) is 0 Å². The van der Waals surface area contributed by atoms with E-state index in [1.54, 1.807) is 0 Å². The minimum absolute atomic E-state index is 0.598. The molecular formula is C15H11Cl3S. The maximum atomic E-state index is 6.14. The lowest BCUT2D eigenvalue weighted by molar-refractivity contribution is 1.25. The van der Waals surface area contributed by atoms with Crippen LogP contribution in [0.15, 0.2) is 42.5 Å². The van der Waals surface area contributed by atoms with Gasteiger partial charge in [0.1, 0.15) is 0 Å². The second kappa shape index (κ2) is 6.71. The number of benzene rings is 2. The third-order valence-corrected chi connectivity index (χ3v) is 3.96. The molecule has 0 spiro atoms. The highest BCUT2D eigenvalue weighted by Gasteiger charge is 2.09. The summed E-state index contributed by atoms with van der Waals surface area (Å²) < 4.78 is 0. The van der Waals surface area contributed by atoms with Gasteiger partial charge in [-0.3, -0.25) is 0 Å². The molecule has 0 amide bonds.